The zero-order valence-electron chi connectivity index (χ0n) is 10.4. The molecule has 1 unspecified atom stereocenters. The highest BCUT2D eigenvalue weighted by atomic mass is 35.5. The van der Waals surface area contributed by atoms with Crippen LogP contribution in [0.3, 0.4) is 0 Å². The van der Waals surface area contributed by atoms with Crippen LogP contribution in [0.4, 0.5) is 5.69 Å². The predicted octanol–water partition coefficient (Wildman–Crippen LogP) is 3.60. The lowest BCUT2D eigenvalue weighted by molar-refractivity contribution is 0.675. The van der Waals surface area contributed by atoms with Gasteiger partial charge in [0.1, 0.15) is 5.15 Å². The lowest BCUT2D eigenvalue weighted by atomic mass is 10.2. The summed E-state index contributed by atoms with van der Waals surface area (Å²) < 4.78 is 1.82. The summed E-state index contributed by atoms with van der Waals surface area (Å²) in [5.41, 5.74) is 2.84. The van der Waals surface area contributed by atoms with Gasteiger partial charge in [0.05, 0.1) is 17.4 Å². The van der Waals surface area contributed by atoms with Gasteiger partial charge in [-0.15, -0.1) is 0 Å². The van der Waals surface area contributed by atoms with Crippen molar-refractivity contribution in [3.8, 4) is 0 Å². The van der Waals surface area contributed by atoms with E-state index >= 15 is 0 Å². The van der Waals surface area contributed by atoms with Crippen LogP contribution in [0.15, 0.2) is 18.3 Å². The smallest absolute Gasteiger partial charge is 0.154 e. The van der Waals surface area contributed by atoms with Crippen LogP contribution in [0, 0.1) is 6.92 Å². The van der Waals surface area contributed by atoms with Crippen molar-refractivity contribution in [2.75, 3.05) is 5.32 Å². The normalized spacial score (nSPS) is 12.5. The molecule has 0 saturated carbocycles. The number of rotatable bonds is 3. The molecule has 4 nitrogen and oxygen atoms in total. The van der Waals surface area contributed by atoms with Gasteiger partial charge >= 0.3 is 0 Å². The molecule has 0 amide bonds. The number of hydrogen-bond acceptors (Lipinski definition) is 3. The first kappa shape index (κ1) is 13.2. The fraction of sp³-hybridized carbons (Fsp3) is 0.333. The summed E-state index contributed by atoms with van der Waals surface area (Å²) in [6.45, 7) is 3.99. The van der Waals surface area contributed by atoms with Crippen molar-refractivity contribution in [1.29, 1.82) is 0 Å². The van der Waals surface area contributed by atoms with Crippen molar-refractivity contribution in [3.63, 3.8) is 0 Å². The van der Waals surface area contributed by atoms with Gasteiger partial charge in [-0.05, 0) is 31.5 Å². The molecule has 0 aliphatic heterocycles. The second-order valence-electron chi connectivity index (χ2n) is 4.17. The van der Waals surface area contributed by atoms with Crippen molar-refractivity contribution in [1.82, 2.24) is 14.8 Å². The van der Waals surface area contributed by atoms with Crippen LogP contribution >= 0.6 is 23.2 Å². The topological polar surface area (TPSA) is 42.7 Å². The van der Waals surface area contributed by atoms with Crippen LogP contribution in [0.1, 0.15) is 24.2 Å². The van der Waals surface area contributed by atoms with Crippen LogP contribution in [0.5, 0.6) is 0 Å². The van der Waals surface area contributed by atoms with Crippen LogP contribution < -0.4 is 5.32 Å². The molecular formula is C12H14Cl2N4. The van der Waals surface area contributed by atoms with Crippen molar-refractivity contribution in [2.45, 2.75) is 19.9 Å². The molecule has 0 radical (unpaired) electrons. The van der Waals surface area contributed by atoms with E-state index in [1.165, 1.54) is 0 Å². The molecule has 0 bridgehead atoms. The number of hydrogen-bond donors (Lipinski definition) is 1. The Morgan fingerprint density at radius 1 is 1.39 bits per heavy atom. The minimum absolute atomic E-state index is 0.0803. The molecule has 2 aromatic rings. The van der Waals surface area contributed by atoms with Crippen molar-refractivity contribution in [3.05, 3.63) is 39.9 Å². The summed E-state index contributed by atoms with van der Waals surface area (Å²) in [4.78, 5) is 4.04. The van der Waals surface area contributed by atoms with Gasteiger partial charge in [0, 0.05) is 13.2 Å². The van der Waals surface area contributed by atoms with Gasteiger partial charge in [-0.3, -0.25) is 4.68 Å². The Kier molecular flexibility index (Phi) is 3.78. The third-order valence-electron chi connectivity index (χ3n) is 2.80. The molecule has 0 aliphatic rings. The Morgan fingerprint density at radius 2 is 2.11 bits per heavy atom. The number of nitrogens with zero attached hydrogens (tertiary/aromatic N) is 3. The van der Waals surface area contributed by atoms with Crippen LogP contribution in [0.25, 0.3) is 0 Å². The third kappa shape index (κ3) is 2.60. The number of aromatic nitrogens is 3. The average Bonchev–Trinajstić information content (AvgIpc) is 2.69. The Morgan fingerprint density at radius 3 is 2.67 bits per heavy atom. The maximum atomic E-state index is 6.10. The Balaban J connectivity index is 2.27. The van der Waals surface area contributed by atoms with E-state index in [1.807, 2.05) is 31.6 Å². The number of pyridine rings is 1. The molecule has 2 rings (SSSR count). The fourth-order valence-electron chi connectivity index (χ4n) is 1.87. The summed E-state index contributed by atoms with van der Waals surface area (Å²) >= 11 is 11.9. The van der Waals surface area contributed by atoms with E-state index in [-0.39, 0.29) is 6.04 Å². The van der Waals surface area contributed by atoms with Gasteiger partial charge in [-0.25, -0.2) is 4.98 Å². The van der Waals surface area contributed by atoms with E-state index in [1.54, 1.807) is 12.3 Å². The standard InChI is InChI=1S/C12H14Cl2N4/c1-7-6-10(13)17-12(14)11(7)16-8(2)9-4-5-15-18(9)3/h4-6,8,16H,1-3H3. The molecule has 1 N–H and O–H groups in total. The van der Waals surface area contributed by atoms with Gasteiger partial charge in [0.15, 0.2) is 5.15 Å². The number of halogens is 2. The van der Waals surface area contributed by atoms with Gasteiger partial charge in [-0.2, -0.15) is 5.10 Å². The molecule has 96 valence electrons. The minimum atomic E-state index is 0.0803. The first-order chi connectivity index (χ1) is 8.49. The predicted molar refractivity (Wildman–Crippen MR) is 74.2 cm³/mol. The van der Waals surface area contributed by atoms with E-state index in [2.05, 4.69) is 15.4 Å². The maximum absolute atomic E-state index is 6.10. The summed E-state index contributed by atoms with van der Waals surface area (Å²) in [6, 6.07) is 3.83. The summed E-state index contributed by atoms with van der Waals surface area (Å²) in [5, 5.41) is 8.26. The maximum Gasteiger partial charge on any atom is 0.154 e. The Bertz CT molecular complexity index is 542. The highest BCUT2D eigenvalue weighted by molar-refractivity contribution is 6.34. The van der Waals surface area contributed by atoms with E-state index in [4.69, 9.17) is 23.2 Å². The van der Waals surface area contributed by atoms with Crippen LogP contribution in [-0.4, -0.2) is 14.8 Å². The lowest BCUT2D eigenvalue weighted by Gasteiger charge is -2.18. The molecular weight excluding hydrogens is 271 g/mol. The summed E-state index contributed by atoms with van der Waals surface area (Å²) in [6.07, 6.45) is 1.77. The molecule has 2 aromatic heterocycles. The molecule has 0 spiro atoms. The number of aryl methyl sites for hydroxylation is 2. The lowest BCUT2D eigenvalue weighted by Crippen LogP contribution is -2.12. The second-order valence-corrected chi connectivity index (χ2v) is 4.92. The van der Waals surface area contributed by atoms with Crippen molar-refractivity contribution < 1.29 is 0 Å². The number of nitrogens with one attached hydrogen (secondary N) is 1. The summed E-state index contributed by atoms with van der Waals surface area (Å²) in [7, 11) is 1.90. The molecule has 18 heavy (non-hydrogen) atoms. The van der Waals surface area contributed by atoms with E-state index in [0.29, 0.717) is 10.3 Å². The van der Waals surface area contributed by atoms with Crippen molar-refractivity contribution in [2.24, 2.45) is 7.05 Å². The minimum Gasteiger partial charge on any atom is -0.374 e. The molecule has 0 saturated heterocycles. The quantitative estimate of drug-likeness (QED) is 0.876. The van der Waals surface area contributed by atoms with Gasteiger partial charge in [-0.1, -0.05) is 23.2 Å². The van der Waals surface area contributed by atoms with Gasteiger partial charge in [0.2, 0.25) is 0 Å². The van der Waals surface area contributed by atoms with E-state index in [0.717, 1.165) is 16.9 Å². The van der Waals surface area contributed by atoms with E-state index < -0.39 is 0 Å². The molecule has 6 heteroatoms. The van der Waals surface area contributed by atoms with Gasteiger partial charge in [0.25, 0.3) is 0 Å². The van der Waals surface area contributed by atoms with Gasteiger partial charge < -0.3 is 5.32 Å². The van der Waals surface area contributed by atoms with Crippen LogP contribution in [0.2, 0.25) is 10.3 Å². The Labute approximate surface area is 116 Å². The Hall–Kier alpha value is -1.26. The molecule has 2 heterocycles. The molecule has 0 aliphatic carbocycles. The highest BCUT2D eigenvalue weighted by Gasteiger charge is 2.14. The van der Waals surface area contributed by atoms with Crippen LogP contribution in [-0.2, 0) is 7.05 Å². The third-order valence-corrected chi connectivity index (χ3v) is 3.27. The number of anilines is 1. The second kappa shape index (κ2) is 5.16. The highest BCUT2D eigenvalue weighted by Crippen LogP contribution is 2.29. The zero-order chi connectivity index (χ0) is 13.3. The summed E-state index contributed by atoms with van der Waals surface area (Å²) in [5.74, 6) is 0. The monoisotopic (exact) mass is 284 g/mol. The average molecular weight is 285 g/mol. The SMILES string of the molecule is Cc1cc(Cl)nc(Cl)c1NC(C)c1ccnn1C. The fourth-order valence-corrected chi connectivity index (χ4v) is 2.45. The first-order valence-corrected chi connectivity index (χ1v) is 6.31. The largest absolute Gasteiger partial charge is 0.374 e. The van der Waals surface area contributed by atoms with Crippen molar-refractivity contribution >= 4 is 28.9 Å². The molecule has 1 atom stereocenters. The first-order valence-electron chi connectivity index (χ1n) is 5.56. The van der Waals surface area contributed by atoms with E-state index in [9.17, 15) is 0 Å². The zero-order valence-corrected chi connectivity index (χ0v) is 11.9. The molecule has 0 fully saturated rings. The molecule has 0 aromatic carbocycles.